The first kappa shape index (κ1) is 18.6. The van der Waals surface area contributed by atoms with E-state index >= 15 is 0 Å². The van der Waals surface area contributed by atoms with Crippen LogP contribution in [0.1, 0.15) is 17.7 Å². The summed E-state index contributed by atoms with van der Waals surface area (Å²) in [6.07, 6.45) is 3.44. The molecule has 1 fully saturated rings. The molecule has 23 heavy (non-hydrogen) atoms. The van der Waals surface area contributed by atoms with Crippen LogP contribution in [0.2, 0.25) is 0 Å². The van der Waals surface area contributed by atoms with E-state index in [0.29, 0.717) is 5.96 Å². The predicted molar refractivity (Wildman–Crippen MR) is 112 cm³/mol. The van der Waals surface area contributed by atoms with Crippen LogP contribution in [0.4, 0.5) is 0 Å². The molecule has 0 spiro atoms. The fourth-order valence-corrected chi connectivity index (χ4v) is 4.16. The summed E-state index contributed by atoms with van der Waals surface area (Å²) in [7, 11) is 0. The smallest absolute Gasteiger partial charge is 0.188 e. The quantitative estimate of drug-likeness (QED) is 0.372. The SMILES string of the molecule is I.NC(=NCC1(Sc2ccccc2)CC1)NCCc1cccs1. The van der Waals surface area contributed by atoms with E-state index in [4.69, 9.17) is 5.73 Å². The topological polar surface area (TPSA) is 50.4 Å². The Balaban J connectivity index is 0.00000192. The van der Waals surface area contributed by atoms with Gasteiger partial charge in [-0.1, -0.05) is 24.3 Å². The van der Waals surface area contributed by atoms with Crippen molar-refractivity contribution in [3.05, 3.63) is 52.7 Å². The van der Waals surface area contributed by atoms with Gasteiger partial charge in [-0.05, 0) is 42.8 Å². The van der Waals surface area contributed by atoms with E-state index < -0.39 is 0 Å². The molecule has 0 unspecified atom stereocenters. The second-order valence-electron chi connectivity index (χ2n) is 5.56. The zero-order valence-corrected chi connectivity index (χ0v) is 16.9. The second kappa shape index (κ2) is 8.94. The Labute approximate surface area is 163 Å². The number of nitrogens with two attached hydrogens (primary N) is 1. The summed E-state index contributed by atoms with van der Waals surface area (Å²) in [5, 5.41) is 5.31. The van der Waals surface area contributed by atoms with Gasteiger partial charge in [-0.15, -0.1) is 47.1 Å². The number of thioether (sulfide) groups is 1. The third kappa shape index (κ3) is 6.00. The lowest BCUT2D eigenvalue weighted by Gasteiger charge is -2.13. The minimum Gasteiger partial charge on any atom is -0.370 e. The zero-order chi connectivity index (χ0) is 15.3. The molecule has 1 heterocycles. The summed E-state index contributed by atoms with van der Waals surface area (Å²) in [5.41, 5.74) is 5.97. The Morgan fingerprint density at radius 3 is 2.65 bits per heavy atom. The highest BCUT2D eigenvalue weighted by Crippen LogP contribution is 2.51. The Kier molecular flexibility index (Phi) is 7.23. The molecule has 3 N–H and O–H groups in total. The largest absolute Gasteiger partial charge is 0.370 e. The molecule has 6 heteroatoms. The number of nitrogens with zero attached hydrogens (tertiary/aromatic N) is 1. The normalized spacial score (nSPS) is 15.7. The van der Waals surface area contributed by atoms with E-state index in [1.807, 2.05) is 11.8 Å². The number of rotatable bonds is 7. The summed E-state index contributed by atoms with van der Waals surface area (Å²) < 4.78 is 0.265. The maximum absolute atomic E-state index is 5.97. The van der Waals surface area contributed by atoms with Gasteiger partial charge < -0.3 is 11.1 Å². The van der Waals surface area contributed by atoms with E-state index in [1.54, 1.807) is 11.3 Å². The average Bonchev–Trinajstić information content (AvgIpc) is 3.09. The van der Waals surface area contributed by atoms with Crippen LogP contribution in [0.3, 0.4) is 0 Å². The number of halogens is 1. The molecule has 1 aliphatic carbocycles. The van der Waals surface area contributed by atoms with Gasteiger partial charge in [0.15, 0.2) is 5.96 Å². The lowest BCUT2D eigenvalue weighted by molar-refractivity contribution is 0.838. The van der Waals surface area contributed by atoms with Crippen LogP contribution in [-0.4, -0.2) is 23.8 Å². The lowest BCUT2D eigenvalue weighted by atomic mass is 10.3. The van der Waals surface area contributed by atoms with Crippen molar-refractivity contribution in [3.63, 3.8) is 0 Å². The highest BCUT2D eigenvalue weighted by Gasteiger charge is 2.43. The molecular weight excluding hydrogens is 437 g/mol. The Morgan fingerprint density at radius 2 is 2.00 bits per heavy atom. The van der Waals surface area contributed by atoms with Crippen molar-refractivity contribution in [1.82, 2.24) is 5.32 Å². The minimum absolute atomic E-state index is 0. The van der Waals surface area contributed by atoms with Gasteiger partial charge in [-0.3, -0.25) is 4.99 Å². The monoisotopic (exact) mass is 459 g/mol. The highest BCUT2D eigenvalue weighted by molar-refractivity contribution is 14.0. The molecular formula is C17H22IN3S2. The van der Waals surface area contributed by atoms with Crippen LogP contribution in [-0.2, 0) is 6.42 Å². The van der Waals surface area contributed by atoms with Crippen molar-refractivity contribution >= 4 is 53.0 Å². The Hall–Kier alpha value is -0.730. The molecule has 1 aliphatic rings. The van der Waals surface area contributed by atoms with E-state index in [9.17, 15) is 0 Å². The molecule has 3 nitrogen and oxygen atoms in total. The third-order valence-corrected chi connectivity index (χ3v) is 6.09. The molecule has 0 bridgehead atoms. The van der Waals surface area contributed by atoms with E-state index in [0.717, 1.165) is 19.5 Å². The van der Waals surface area contributed by atoms with E-state index in [1.165, 1.54) is 22.6 Å². The molecule has 1 saturated carbocycles. The van der Waals surface area contributed by atoms with Crippen molar-refractivity contribution in [2.75, 3.05) is 13.1 Å². The minimum atomic E-state index is 0. The van der Waals surface area contributed by atoms with Crippen molar-refractivity contribution in [2.24, 2.45) is 10.7 Å². The molecule has 0 saturated heterocycles. The third-order valence-electron chi connectivity index (χ3n) is 3.68. The number of nitrogens with one attached hydrogen (secondary N) is 1. The molecule has 2 aromatic rings. The van der Waals surface area contributed by atoms with Crippen LogP contribution in [0, 0.1) is 0 Å². The van der Waals surface area contributed by atoms with Gasteiger partial charge >= 0.3 is 0 Å². The van der Waals surface area contributed by atoms with Gasteiger partial charge in [0.1, 0.15) is 0 Å². The van der Waals surface area contributed by atoms with Gasteiger partial charge in [-0.25, -0.2) is 0 Å². The first-order valence-corrected chi connectivity index (χ1v) is 9.26. The lowest BCUT2D eigenvalue weighted by Crippen LogP contribution is -2.34. The number of thiophene rings is 1. The first-order chi connectivity index (χ1) is 10.8. The molecule has 1 aromatic heterocycles. The molecule has 3 rings (SSSR count). The number of hydrogen-bond acceptors (Lipinski definition) is 3. The summed E-state index contributed by atoms with van der Waals surface area (Å²) in [6, 6.07) is 14.8. The van der Waals surface area contributed by atoms with E-state index in [2.05, 4.69) is 58.2 Å². The van der Waals surface area contributed by atoms with Crippen molar-refractivity contribution in [1.29, 1.82) is 0 Å². The first-order valence-electron chi connectivity index (χ1n) is 7.56. The van der Waals surface area contributed by atoms with E-state index in [-0.39, 0.29) is 28.7 Å². The molecule has 0 atom stereocenters. The molecule has 0 aliphatic heterocycles. The maximum atomic E-state index is 5.97. The van der Waals surface area contributed by atoms with Crippen molar-refractivity contribution in [2.45, 2.75) is 28.9 Å². The Morgan fingerprint density at radius 1 is 1.22 bits per heavy atom. The summed E-state index contributed by atoms with van der Waals surface area (Å²) in [5.74, 6) is 0.566. The maximum Gasteiger partial charge on any atom is 0.188 e. The van der Waals surface area contributed by atoms with Crippen LogP contribution in [0.15, 0.2) is 57.7 Å². The van der Waals surface area contributed by atoms with Gasteiger partial charge in [0.05, 0.1) is 6.54 Å². The van der Waals surface area contributed by atoms with Crippen LogP contribution in [0.5, 0.6) is 0 Å². The zero-order valence-electron chi connectivity index (χ0n) is 12.9. The van der Waals surface area contributed by atoms with Gasteiger partial charge in [-0.2, -0.15) is 0 Å². The predicted octanol–water partition coefficient (Wildman–Crippen LogP) is 4.14. The van der Waals surface area contributed by atoms with Crippen molar-refractivity contribution < 1.29 is 0 Å². The van der Waals surface area contributed by atoms with Crippen LogP contribution >= 0.6 is 47.1 Å². The molecule has 0 amide bonds. The summed E-state index contributed by atoms with van der Waals surface area (Å²) >= 11 is 3.71. The number of guanidine groups is 1. The average molecular weight is 459 g/mol. The molecule has 0 radical (unpaired) electrons. The van der Waals surface area contributed by atoms with Crippen LogP contribution < -0.4 is 11.1 Å². The van der Waals surface area contributed by atoms with Crippen molar-refractivity contribution in [3.8, 4) is 0 Å². The Bertz CT molecular complexity index is 610. The van der Waals surface area contributed by atoms with Gasteiger partial charge in [0.25, 0.3) is 0 Å². The van der Waals surface area contributed by atoms with Crippen LogP contribution in [0.25, 0.3) is 0 Å². The number of hydrogen-bond donors (Lipinski definition) is 2. The van der Waals surface area contributed by atoms with Gasteiger partial charge in [0.2, 0.25) is 0 Å². The number of aliphatic imine (C=N–C) groups is 1. The second-order valence-corrected chi connectivity index (χ2v) is 8.13. The fraction of sp³-hybridized carbons (Fsp3) is 0.353. The summed E-state index contributed by atoms with van der Waals surface area (Å²) in [6.45, 7) is 1.64. The van der Waals surface area contributed by atoms with Gasteiger partial charge in [0, 0.05) is 21.1 Å². The standard InChI is InChI=1S/C17H21N3S2.HI/c18-16(19-11-8-14-7-4-12-21-14)20-13-17(9-10-17)22-15-5-2-1-3-6-15;/h1-7,12H,8-11,13H2,(H3,18,19,20);1H. The highest BCUT2D eigenvalue weighted by atomic mass is 127. The fourth-order valence-electron chi connectivity index (χ4n) is 2.22. The molecule has 124 valence electrons. The molecule has 1 aromatic carbocycles. The number of benzene rings is 1. The summed E-state index contributed by atoms with van der Waals surface area (Å²) in [4.78, 5) is 7.23.